The zero-order valence-electron chi connectivity index (χ0n) is 12.9. The molecule has 2 atom stereocenters. The minimum absolute atomic E-state index is 0.375. The number of hydrogen-bond donors (Lipinski definition) is 2. The van der Waals surface area contributed by atoms with Crippen molar-refractivity contribution in [2.24, 2.45) is 5.92 Å². The fourth-order valence-corrected chi connectivity index (χ4v) is 2.48. The first-order valence-electron chi connectivity index (χ1n) is 7.84. The average molecular weight is 272 g/mol. The largest absolute Gasteiger partial charge is 0.389 e. The highest BCUT2D eigenvalue weighted by Gasteiger charge is 2.23. The summed E-state index contributed by atoms with van der Waals surface area (Å²) in [5.74, 6) is 0.732. The van der Waals surface area contributed by atoms with E-state index in [9.17, 15) is 5.11 Å². The Balaban J connectivity index is 1.98. The lowest BCUT2D eigenvalue weighted by Crippen LogP contribution is -2.35. The van der Waals surface area contributed by atoms with Crippen LogP contribution in [0.4, 0.5) is 0 Å². The second kappa shape index (κ2) is 9.70. The molecule has 1 rings (SSSR count). The molecule has 1 aliphatic heterocycles. The van der Waals surface area contributed by atoms with Gasteiger partial charge in [-0.25, -0.2) is 0 Å². The minimum Gasteiger partial charge on any atom is -0.389 e. The van der Waals surface area contributed by atoms with Gasteiger partial charge >= 0.3 is 0 Å². The van der Waals surface area contributed by atoms with Crippen molar-refractivity contribution in [2.75, 3.05) is 39.4 Å². The Morgan fingerprint density at radius 2 is 2.21 bits per heavy atom. The summed E-state index contributed by atoms with van der Waals surface area (Å²) in [5.41, 5.74) is 0. The molecule has 4 nitrogen and oxygen atoms in total. The summed E-state index contributed by atoms with van der Waals surface area (Å²) in [5, 5.41) is 13.1. The Kier molecular flexibility index (Phi) is 8.62. The highest BCUT2D eigenvalue weighted by atomic mass is 16.5. The molecule has 19 heavy (non-hydrogen) atoms. The van der Waals surface area contributed by atoms with Crippen LogP contribution >= 0.6 is 0 Å². The Bertz CT molecular complexity index is 224. The van der Waals surface area contributed by atoms with Gasteiger partial charge in [-0.05, 0) is 45.7 Å². The van der Waals surface area contributed by atoms with Gasteiger partial charge in [-0.1, -0.05) is 13.3 Å². The van der Waals surface area contributed by atoms with Crippen molar-refractivity contribution in [3.05, 3.63) is 0 Å². The van der Waals surface area contributed by atoms with Gasteiger partial charge < -0.3 is 20.1 Å². The van der Waals surface area contributed by atoms with E-state index in [-0.39, 0.29) is 6.10 Å². The van der Waals surface area contributed by atoms with Crippen molar-refractivity contribution in [3.63, 3.8) is 0 Å². The molecule has 2 unspecified atom stereocenters. The van der Waals surface area contributed by atoms with Gasteiger partial charge in [-0.3, -0.25) is 0 Å². The third-order valence-electron chi connectivity index (χ3n) is 3.81. The fourth-order valence-electron chi connectivity index (χ4n) is 2.48. The van der Waals surface area contributed by atoms with Crippen molar-refractivity contribution >= 4 is 0 Å². The Morgan fingerprint density at radius 3 is 2.84 bits per heavy atom. The SMILES string of the molecule is CCCCOCC(O)CNCC1CCN(C(C)C)C1. The molecule has 0 amide bonds. The quantitative estimate of drug-likeness (QED) is 0.591. The molecule has 114 valence electrons. The summed E-state index contributed by atoms with van der Waals surface area (Å²) in [6.45, 7) is 11.9. The molecule has 0 aromatic heterocycles. The Morgan fingerprint density at radius 1 is 1.42 bits per heavy atom. The van der Waals surface area contributed by atoms with Gasteiger partial charge in [0.15, 0.2) is 0 Å². The molecule has 1 saturated heterocycles. The van der Waals surface area contributed by atoms with Crippen molar-refractivity contribution in [3.8, 4) is 0 Å². The topological polar surface area (TPSA) is 44.7 Å². The summed E-state index contributed by atoms with van der Waals surface area (Å²) in [4.78, 5) is 2.52. The van der Waals surface area contributed by atoms with Gasteiger partial charge in [0.25, 0.3) is 0 Å². The molecule has 0 radical (unpaired) electrons. The minimum atomic E-state index is -0.375. The van der Waals surface area contributed by atoms with Crippen LogP contribution in [0.2, 0.25) is 0 Å². The third kappa shape index (κ3) is 7.25. The van der Waals surface area contributed by atoms with Gasteiger partial charge in [-0.2, -0.15) is 0 Å². The van der Waals surface area contributed by atoms with E-state index in [4.69, 9.17) is 4.74 Å². The molecule has 1 fully saturated rings. The number of nitrogens with one attached hydrogen (secondary N) is 1. The molecular formula is C15H32N2O2. The Hall–Kier alpha value is -0.160. The normalized spacial score (nSPS) is 22.3. The van der Waals surface area contributed by atoms with Crippen molar-refractivity contribution < 1.29 is 9.84 Å². The van der Waals surface area contributed by atoms with E-state index in [2.05, 4.69) is 31.0 Å². The molecule has 0 aromatic carbocycles. The fraction of sp³-hybridized carbons (Fsp3) is 1.00. The number of aliphatic hydroxyl groups is 1. The van der Waals surface area contributed by atoms with Crippen molar-refractivity contribution in [2.45, 2.75) is 52.2 Å². The van der Waals surface area contributed by atoms with Gasteiger partial charge in [0.05, 0.1) is 12.7 Å². The number of likely N-dealkylation sites (tertiary alicyclic amines) is 1. The average Bonchev–Trinajstić information content (AvgIpc) is 2.84. The first-order valence-corrected chi connectivity index (χ1v) is 7.84. The predicted molar refractivity (Wildman–Crippen MR) is 79.4 cm³/mol. The molecule has 0 spiro atoms. The molecular weight excluding hydrogens is 240 g/mol. The number of aliphatic hydroxyl groups excluding tert-OH is 1. The number of unbranched alkanes of at least 4 members (excludes halogenated alkanes) is 1. The zero-order valence-corrected chi connectivity index (χ0v) is 12.9. The van der Waals surface area contributed by atoms with E-state index in [1.54, 1.807) is 0 Å². The number of hydrogen-bond acceptors (Lipinski definition) is 4. The van der Waals surface area contributed by atoms with Crippen molar-refractivity contribution in [1.29, 1.82) is 0 Å². The maximum atomic E-state index is 9.76. The van der Waals surface area contributed by atoms with E-state index >= 15 is 0 Å². The van der Waals surface area contributed by atoms with Crippen LogP contribution in [0.1, 0.15) is 40.0 Å². The van der Waals surface area contributed by atoms with Crippen LogP contribution in [0.5, 0.6) is 0 Å². The van der Waals surface area contributed by atoms with Gasteiger partial charge in [0.1, 0.15) is 0 Å². The van der Waals surface area contributed by atoms with Crippen LogP contribution in [-0.2, 0) is 4.74 Å². The van der Waals surface area contributed by atoms with Crippen LogP contribution in [0, 0.1) is 5.92 Å². The maximum absolute atomic E-state index is 9.76. The number of ether oxygens (including phenoxy) is 1. The molecule has 0 aliphatic carbocycles. The second-order valence-corrected chi connectivity index (χ2v) is 5.98. The summed E-state index contributed by atoms with van der Waals surface area (Å²) in [6.07, 6.45) is 3.11. The predicted octanol–water partition coefficient (Wildman–Crippen LogP) is 1.48. The van der Waals surface area contributed by atoms with Gasteiger partial charge in [0.2, 0.25) is 0 Å². The van der Waals surface area contributed by atoms with Crippen LogP contribution in [-0.4, -0.2) is 61.5 Å². The third-order valence-corrected chi connectivity index (χ3v) is 3.81. The standard InChI is InChI=1S/C15H32N2O2/c1-4-5-8-19-12-15(18)10-16-9-14-6-7-17(11-14)13(2)3/h13-16,18H,4-12H2,1-3H3. The lowest BCUT2D eigenvalue weighted by molar-refractivity contribution is 0.0356. The molecule has 1 aliphatic rings. The van der Waals surface area contributed by atoms with E-state index in [0.29, 0.717) is 19.2 Å². The first kappa shape index (κ1) is 16.9. The van der Waals surface area contributed by atoms with E-state index in [1.807, 2.05) is 0 Å². The second-order valence-electron chi connectivity index (χ2n) is 5.98. The summed E-state index contributed by atoms with van der Waals surface area (Å²) >= 11 is 0. The molecule has 0 saturated carbocycles. The monoisotopic (exact) mass is 272 g/mol. The smallest absolute Gasteiger partial charge is 0.0897 e. The highest BCUT2D eigenvalue weighted by Crippen LogP contribution is 2.17. The molecule has 4 heteroatoms. The lowest BCUT2D eigenvalue weighted by atomic mass is 10.1. The first-order chi connectivity index (χ1) is 9.13. The van der Waals surface area contributed by atoms with Gasteiger partial charge in [-0.15, -0.1) is 0 Å². The van der Waals surface area contributed by atoms with E-state index < -0.39 is 0 Å². The summed E-state index contributed by atoms with van der Waals surface area (Å²) in [7, 11) is 0. The summed E-state index contributed by atoms with van der Waals surface area (Å²) in [6, 6.07) is 0.655. The van der Waals surface area contributed by atoms with Crippen molar-refractivity contribution in [1.82, 2.24) is 10.2 Å². The highest BCUT2D eigenvalue weighted by molar-refractivity contribution is 4.79. The number of nitrogens with zero attached hydrogens (tertiary/aromatic N) is 1. The zero-order chi connectivity index (χ0) is 14.1. The van der Waals surface area contributed by atoms with Crippen LogP contribution in [0.25, 0.3) is 0 Å². The summed E-state index contributed by atoms with van der Waals surface area (Å²) < 4.78 is 5.41. The van der Waals surface area contributed by atoms with Crippen LogP contribution in [0.15, 0.2) is 0 Å². The number of rotatable bonds is 10. The molecule has 0 aromatic rings. The molecule has 1 heterocycles. The van der Waals surface area contributed by atoms with E-state index in [1.165, 1.54) is 19.5 Å². The molecule has 0 bridgehead atoms. The molecule has 2 N–H and O–H groups in total. The van der Waals surface area contributed by atoms with Gasteiger partial charge in [0, 0.05) is 25.7 Å². The Labute approximate surface area is 118 Å². The van der Waals surface area contributed by atoms with Crippen LogP contribution < -0.4 is 5.32 Å². The van der Waals surface area contributed by atoms with Crippen LogP contribution in [0.3, 0.4) is 0 Å². The maximum Gasteiger partial charge on any atom is 0.0897 e. The van der Waals surface area contributed by atoms with E-state index in [0.717, 1.165) is 31.9 Å². The lowest BCUT2D eigenvalue weighted by Gasteiger charge is -2.20.